The third-order valence-electron chi connectivity index (χ3n) is 6.88. The smallest absolute Gasteiger partial charge is 0.257 e. The van der Waals surface area contributed by atoms with Gasteiger partial charge in [0.05, 0.1) is 17.3 Å². The molecule has 0 spiro atoms. The average Bonchev–Trinajstić information content (AvgIpc) is 3.11. The number of fused-ring (bicyclic) bond motifs is 2. The molecule has 2 aromatic rings. The number of aryl methyl sites for hydroxylation is 2. The van der Waals surface area contributed by atoms with Crippen molar-refractivity contribution >= 4 is 5.91 Å². The van der Waals surface area contributed by atoms with Gasteiger partial charge in [0.25, 0.3) is 5.91 Å². The van der Waals surface area contributed by atoms with Gasteiger partial charge in [-0.1, -0.05) is 12.1 Å². The molecule has 4 aliphatic heterocycles. The van der Waals surface area contributed by atoms with Gasteiger partial charge in [-0.2, -0.15) is 0 Å². The maximum atomic E-state index is 13.5. The van der Waals surface area contributed by atoms with Gasteiger partial charge < -0.3 is 10.0 Å². The molecule has 0 saturated carbocycles. The molecule has 1 aromatic heterocycles. The van der Waals surface area contributed by atoms with Crippen molar-refractivity contribution in [3.05, 3.63) is 53.1 Å². The van der Waals surface area contributed by atoms with Crippen molar-refractivity contribution < 1.29 is 9.90 Å². The molecular formula is C22H26N4O2. The van der Waals surface area contributed by atoms with E-state index in [9.17, 15) is 9.90 Å². The van der Waals surface area contributed by atoms with E-state index in [1.54, 1.807) is 12.3 Å². The molecule has 6 nitrogen and oxygen atoms in total. The summed E-state index contributed by atoms with van der Waals surface area (Å²) < 4.78 is 0. The lowest BCUT2D eigenvalue weighted by atomic mass is 9.75. The highest BCUT2D eigenvalue weighted by Gasteiger charge is 2.54. The first kappa shape index (κ1) is 17.6. The van der Waals surface area contributed by atoms with Crippen molar-refractivity contribution in [3.8, 4) is 5.75 Å². The van der Waals surface area contributed by atoms with Crippen LogP contribution in [0.3, 0.4) is 0 Å². The fourth-order valence-electron chi connectivity index (χ4n) is 5.65. The van der Waals surface area contributed by atoms with Crippen LogP contribution in [0, 0.1) is 19.8 Å². The van der Waals surface area contributed by atoms with Crippen molar-refractivity contribution in [1.29, 1.82) is 0 Å². The standard InChI is InChI=1S/C22H26N4O2/c1-13-18(11-23-14(2)24-13)22(28)26-12-19(16-4-3-5-17(27)10-16)21-20(26)15-6-8-25(21)9-7-15/h3-5,10-11,15,19-21,27H,6-9,12H2,1-2H3/t19-,20+,21+/m0/s1. The Balaban J connectivity index is 1.54. The van der Waals surface area contributed by atoms with Crippen LogP contribution < -0.4 is 0 Å². The van der Waals surface area contributed by atoms with E-state index in [0.29, 0.717) is 29.9 Å². The Morgan fingerprint density at radius 1 is 1.18 bits per heavy atom. The van der Waals surface area contributed by atoms with Crippen molar-refractivity contribution in [2.45, 2.75) is 44.7 Å². The minimum absolute atomic E-state index is 0.0453. The summed E-state index contributed by atoms with van der Waals surface area (Å²) in [6, 6.07) is 8.10. The van der Waals surface area contributed by atoms with Crippen LogP contribution >= 0.6 is 0 Å². The largest absolute Gasteiger partial charge is 0.508 e. The number of rotatable bonds is 2. The number of phenolic OH excluding ortho intramolecular Hbond substituents is 1. The molecule has 2 bridgehead atoms. The third kappa shape index (κ3) is 2.70. The van der Waals surface area contributed by atoms with Gasteiger partial charge in [-0.15, -0.1) is 0 Å². The Labute approximate surface area is 165 Å². The van der Waals surface area contributed by atoms with Crippen molar-refractivity contribution in [2.24, 2.45) is 5.92 Å². The molecule has 146 valence electrons. The monoisotopic (exact) mass is 378 g/mol. The van der Waals surface area contributed by atoms with Gasteiger partial charge in [-0.25, -0.2) is 9.97 Å². The Morgan fingerprint density at radius 3 is 2.68 bits per heavy atom. The summed E-state index contributed by atoms with van der Waals surface area (Å²) in [6.07, 6.45) is 3.99. The van der Waals surface area contributed by atoms with Crippen molar-refractivity contribution in [2.75, 3.05) is 19.6 Å². The highest BCUT2D eigenvalue weighted by atomic mass is 16.3. The zero-order chi connectivity index (χ0) is 19.4. The quantitative estimate of drug-likeness (QED) is 0.870. The van der Waals surface area contributed by atoms with E-state index in [4.69, 9.17) is 0 Å². The van der Waals surface area contributed by atoms with Gasteiger partial charge in [0, 0.05) is 24.7 Å². The van der Waals surface area contributed by atoms with Crippen LogP contribution in [0.15, 0.2) is 30.5 Å². The molecule has 3 atom stereocenters. The van der Waals surface area contributed by atoms with Crippen LogP contribution in [0.1, 0.15) is 46.2 Å². The normalized spacial score (nSPS) is 31.1. The van der Waals surface area contributed by atoms with Crippen LogP contribution in [0.2, 0.25) is 0 Å². The number of amides is 1. The summed E-state index contributed by atoms with van der Waals surface area (Å²) in [6.45, 7) is 6.63. The lowest BCUT2D eigenvalue weighted by molar-refractivity contribution is -0.00346. The van der Waals surface area contributed by atoms with E-state index in [2.05, 4.69) is 25.8 Å². The van der Waals surface area contributed by atoms with Gasteiger partial charge in [0.1, 0.15) is 11.6 Å². The number of hydrogen-bond donors (Lipinski definition) is 1. The first-order chi connectivity index (χ1) is 13.5. The number of phenols is 1. The minimum atomic E-state index is 0.0453. The maximum Gasteiger partial charge on any atom is 0.257 e. The third-order valence-corrected chi connectivity index (χ3v) is 6.88. The number of aromatic hydroxyl groups is 1. The molecule has 1 N–H and O–H groups in total. The van der Waals surface area contributed by atoms with E-state index < -0.39 is 0 Å². The molecule has 4 aliphatic rings. The van der Waals surface area contributed by atoms with Crippen LogP contribution in [-0.4, -0.2) is 62.5 Å². The molecule has 0 aliphatic carbocycles. The fourth-order valence-corrected chi connectivity index (χ4v) is 5.65. The highest BCUT2D eigenvalue weighted by molar-refractivity contribution is 5.95. The lowest BCUT2D eigenvalue weighted by Crippen LogP contribution is -2.60. The molecule has 1 aromatic carbocycles. The lowest BCUT2D eigenvalue weighted by Gasteiger charge is -2.51. The summed E-state index contributed by atoms with van der Waals surface area (Å²) in [7, 11) is 0. The molecule has 1 amide bonds. The van der Waals surface area contributed by atoms with Gasteiger partial charge in [0.15, 0.2) is 0 Å². The second-order valence-electron chi connectivity index (χ2n) is 8.43. The summed E-state index contributed by atoms with van der Waals surface area (Å²) in [4.78, 5) is 26.8. The topological polar surface area (TPSA) is 69.6 Å². The Kier molecular flexibility index (Phi) is 4.12. The molecule has 6 rings (SSSR count). The number of likely N-dealkylation sites (tertiary alicyclic amines) is 1. The second-order valence-corrected chi connectivity index (χ2v) is 8.43. The van der Waals surface area contributed by atoms with Crippen molar-refractivity contribution in [3.63, 3.8) is 0 Å². The summed E-state index contributed by atoms with van der Waals surface area (Å²) in [5, 5.41) is 10.0. The first-order valence-electron chi connectivity index (χ1n) is 10.2. The molecule has 6 heteroatoms. The van der Waals surface area contributed by atoms with Crippen LogP contribution in [0.5, 0.6) is 5.75 Å². The molecule has 0 radical (unpaired) electrons. The zero-order valence-corrected chi connectivity index (χ0v) is 16.4. The molecular weight excluding hydrogens is 352 g/mol. The van der Waals surface area contributed by atoms with Crippen LogP contribution in [0.4, 0.5) is 0 Å². The van der Waals surface area contributed by atoms with Crippen LogP contribution in [0.25, 0.3) is 0 Å². The molecule has 4 fully saturated rings. The van der Waals surface area contributed by atoms with E-state index in [1.807, 2.05) is 26.0 Å². The van der Waals surface area contributed by atoms with Gasteiger partial charge in [0.2, 0.25) is 0 Å². The summed E-state index contributed by atoms with van der Waals surface area (Å²) in [5.41, 5.74) is 2.48. The Hall–Kier alpha value is -2.47. The number of piperidine rings is 3. The number of carbonyl (C=O) groups excluding carboxylic acids is 1. The van der Waals surface area contributed by atoms with Crippen LogP contribution in [-0.2, 0) is 0 Å². The second kappa shape index (κ2) is 6.55. The van der Waals surface area contributed by atoms with E-state index in [1.165, 1.54) is 0 Å². The van der Waals surface area contributed by atoms with E-state index in [0.717, 1.165) is 37.2 Å². The Bertz CT molecular complexity index is 923. The number of benzene rings is 1. The number of hydrogen-bond acceptors (Lipinski definition) is 5. The predicted molar refractivity (Wildman–Crippen MR) is 105 cm³/mol. The maximum absolute atomic E-state index is 13.5. The summed E-state index contributed by atoms with van der Waals surface area (Å²) >= 11 is 0. The predicted octanol–water partition coefficient (Wildman–Crippen LogP) is 2.50. The molecule has 28 heavy (non-hydrogen) atoms. The Morgan fingerprint density at radius 2 is 1.96 bits per heavy atom. The number of aromatic nitrogens is 2. The minimum Gasteiger partial charge on any atom is -0.508 e. The van der Waals surface area contributed by atoms with Crippen molar-refractivity contribution in [1.82, 2.24) is 19.8 Å². The van der Waals surface area contributed by atoms with E-state index >= 15 is 0 Å². The highest BCUT2D eigenvalue weighted by Crippen LogP contribution is 2.47. The average molecular weight is 378 g/mol. The molecule has 5 heterocycles. The van der Waals surface area contributed by atoms with Gasteiger partial charge in [-0.05, 0) is 63.4 Å². The zero-order valence-electron chi connectivity index (χ0n) is 16.4. The molecule has 4 saturated heterocycles. The number of carbonyl (C=O) groups is 1. The van der Waals surface area contributed by atoms with Gasteiger partial charge >= 0.3 is 0 Å². The molecule has 0 unspecified atom stereocenters. The number of nitrogens with zero attached hydrogens (tertiary/aromatic N) is 4. The van der Waals surface area contributed by atoms with E-state index in [-0.39, 0.29) is 23.6 Å². The summed E-state index contributed by atoms with van der Waals surface area (Å²) in [5.74, 6) is 1.79. The fraction of sp³-hybridized carbons (Fsp3) is 0.500. The SMILES string of the molecule is Cc1ncc(C(=O)N2C[C@@H](c3cccc(O)c3)[C@@H]3[C@H]2C2CCN3CC2)c(C)n1. The first-order valence-corrected chi connectivity index (χ1v) is 10.2. The van der Waals surface area contributed by atoms with Gasteiger partial charge in [-0.3, -0.25) is 9.69 Å².